The summed E-state index contributed by atoms with van der Waals surface area (Å²) in [5, 5.41) is 0. The van der Waals surface area contributed by atoms with Crippen LogP contribution in [-0.4, -0.2) is 25.5 Å². The fraction of sp³-hybridized carbons (Fsp3) is 0.462. The number of carbonyl (C=O) groups excluding carboxylic acids is 1. The van der Waals surface area contributed by atoms with Crippen molar-refractivity contribution in [1.82, 2.24) is 0 Å². The van der Waals surface area contributed by atoms with Gasteiger partial charge in [-0.15, -0.1) is 0 Å². The third-order valence-electron chi connectivity index (χ3n) is 2.64. The number of rotatable bonds is 6. The summed E-state index contributed by atoms with van der Waals surface area (Å²) in [6, 6.07) is 3.76. The second-order valence-electron chi connectivity index (χ2n) is 4.07. The first kappa shape index (κ1) is 13.8. The van der Waals surface area contributed by atoms with Gasteiger partial charge in [0.15, 0.2) is 5.78 Å². The Morgan fingerprint density at radius 3 is 2.82 bits per heavy atom. The maximum absolute atomic E-state index is 13.1. The SMILES string of the molecule is COCCCC(N)C(=O)c1ccc(F)c(C)c1. The van der Waals surface area contributed by atoms with E-state index in [-0.39, 0.29) is 11.6 Å². The summed E-state index contributed by atoms with van der Waals surface area (Å²) in [6.45, 7) is 2.21. The van der Waals surface area contributed by atoms with Gasteiger partial charge in [0.05, 0.1) is 6.04 Å². The molecule has 0 aromatic heterocycles. The summed E-state index contributed by atoms with van der Waals surface area (Å²) in [7, 11) is 1.61. The highest BCUT2D eigenvalue weighted by Crippen LogP contribution is 2.12. The number of benzene rings is 1. The number of ether oxygens (including phenoxy) is 1. The van der Waals surface area contributed by atoms with Crippen molar-refractivity contribution in [1.29, 1.82) is 0 Å². The number of nitrogens with two attached hydrogens (primary N) is 1. The van der Waals surface area contributed by atoms with Gasteiger partial charge in [0.25, 0.3) is 0 Å². The van der Waals surface area contributed by atoms with Gasteiger partial charge in [-0.2, -0.15) is 0 Å². The van der Waals surface area contributed by atoms with E-state index < -0.39 is 6.04 Å². The summed E-state index contributed by atoms with van der Waals surface area (Å²) < 4.78 is 17.9. The van der Waals surface area contributed by atoms with Crippen LogP contribution >= 0.6 is 0 Å². The van der Waals surface area contributed by atoms with E-state index in [4.69, 9.17) is 10.5 Å². The van der Waals surface area contributed by atoms with Gasteiger partial charge in [-0.05, 0) is 43.5 Å². The second-order valence-corrected chi connectivity index (χ2v) is 4.07. The molecule has 0 heterocycles. The number of methoxy groups -OCH3 is 1. The molecule has 0 fully saturated rings. The van der Waals surface area contributed by atoms with E-state index >= 15 is 0 Å². The number of carbonyl (C=O) groups is 1. The molecule has 2 N–H and O–H groups in total. The van der Waals surface area contributed by atoms with Crippen LogP contribution in [0, 0.1) is 12.7 Å². The zero-order chi connectivity index (χ0) is 12.8. The molecule has 0 saturated heterocycles. The van der Waals surface area contributed by atoms with Crippen LogP contribution in [0.25, 0.3) is 0 Å². The molecule has 0 bridgehead atoms. The highest BCUT2D eigenvalue weighted by atomic mass is 19.1. The molecule has 0 aliphatic heterocycles. The van der Waals surface area contributed by atoms with E-state index in [0.717, 1.165) is 6.42 Å². The summed E-state index contributed by atoms with van der Waals surface area (Å²) in [5.41, 5.74) is 6.70. The predicted octanol–water partition coefficient (Wildman–Crippen LogP) is 2.07. The van der Waals surface area contributed by atoms with Crippen LogP contribution in [0.3, 0.4) is 0 Å². The Labute approximate surface area is 101 Å². The zero-order valence-corrected chi connectivity index (χ0v) is 10.2. The summed E-state index contributed by atoms with van der Waals surface area (Å²) in [5.74, 6) is -0.460. The van der Waals surface area contributed by atoms with Crippen LogP contribution < -0.4 is 5.73 Å². The molecule has 0 radical (unpaired) electrons. The van der Waals surface area contributed by atoms with Gasteiger partial charge < -0.3 is 10.5 Å². The van der Waals surface area contributed by atoms with Gasteiger partial charge in [0, 0.05) is 19.3 Å². The monoisotopic (exact) mass is 239 g/mol. The molecule has 17 heavy (non-hydrogen) atoms. The van der Waals surface area contributed by atoms with Crippen molar-refractivity contribution in [3.8, 4) is 0 Å². The molecule has 1 aromatic rings. The topological polar surface area (TPSA) is 52.3 Å². The molecule has 0 aliphatic rings. The van der Waals surface area contributed by atoms with Gasteiger partial charge in [0.2, 0.25) is 0 Å². The Morgan fingerprint density at radius 2 is 2.24 bits per heavy atom. The molecular formula is C13H18FNO2. The van der Waals surface area contributed by atoms with Gasteiger partial charge in [-0.1, -0.05) is 0 Å². The molecule has 1 rings (SSSR count). The lowest BCUT2D eigenvalue weighted by Crippen LogP contribution is -2.30. The summed E-state index contributed by atoms with van der Waals surface area (Å²) in [6.07, 6.45) is 1.31. The quantitative estimate of drug-likeness (QED) is 0.610. The molecule has 1 aromatic carbocycles. The fourth-order valence-corrected chi connectivity index (χ4v) is 1.59. The van der Waals surface area contributed by atoms with Crippen LogP contribution in [0.15, 0.2) is 18.2 Å². The Balaban J connectivity index is 2.65. The number of halogens is 1. The van der Waals surface area contributed by atoms with E-state index in [1.54, 1.807) is 14.0 Å². The standard InChI is InChI=1S/C13H18FNO2/c1-9-8-10(5-6-11(9)14)13(16)12(15)4-3-7-17-2/h5-6,8,12H,3-4,7,15H2,1-2H3. The Hall–Kier alpha value is -1.26. The predicted molar refractivity (Wildman–Crippen MR) is 64.6 cm³/mol. The lowest BCUT2D eigenvalue weighted by atomic mass is 9.99. The summed E-state index contributed by atoms with van der Waals surface area (Å²) in [4.78, 5) is 11.9. The highest BCUT2D eigenvalue weighted by Gasteiger charge is 2.16. The third kappa shape index (κ3) is 3.91. The number of aryl methyl sites for hydroxylation is 1. The van der Waals surface area contributed by atoms with Crippen molar-refractivity contribution in [2.45, 2.75) is 25.8 Å². The Morgan fingerprint density at radius 1 is 1.53 bits per heavy atom. The largest absolute Gasteiger partial charge is 0.385 e. The number of hydrogen-bond acceptors (Lipinski definition) is 3. The molecule has 3 nitrogen and oxygen atoms in total. The average molecular weight is 239 g/mol. The molecule has 0 amide bonds. The molecular weight excluding hydrogens is 221 g/mol. The summed E-state index contributed by atoms with van der Waals surface area (Å²) >= 11 is 0. The van der Waals surface area contributed by atoms with Gasteiger partial charge in [0.1, 0.15) is 5.82 Å². The van der Waals surface area contributed by atoms with Crippen molar-refractivity contribution in [3.05, 3.63) is 35.1 Å². The minimum Gasteiger partial charge on any atom is -0.385 e. The van der Waals surface area contributed by atoms with Crippen LogP contribution in [0.2, 0.25) is 0 Å². The minimum atomic E-state index is -0.546. The normalized spacial score (nSPS) is 12.5. The van der Waals surface area contributed by atoms with Crippen LogP contribution in [0.1, 0.15) is 28.8 Å². The van der Waals surface area contributed by atoms with Crippen LogP contribution in [0.4, 0.5) is 4.39 Å². The van der Waals surface area contributed by atoms with E-state index in [0.29, 0.717) is 24.2 Å². The van der Waals surface area contributed by atoms with Crippen molar-refractivity contribution in [2.75, 3.05) is 13.7 Å². The van der Waals surface area contributed by atoms with Crippen molar-refractivity contribution >= 4 is 5.78 Å². The number of ketones is 1. The fourth-order valence-electron chi connectivity index (χ4n) is 1.59. The maximum Gasteiger partial charge on any atom is 0.179 e. The molecule has 94 valence electrons. The second kappa shape index (κ2) is 6.47. The van der Waals surface area contributed by atoms with Gasteiger partial charge >= 0.3 is 0 Å². The van der Waals surface area contributed by atoms with Crippen molar-refractivity contribution in [2.24, 2.45) is 5.73 Å². The molecule has 1 unspecified atom stereocenters. The highest BCUT2D eigenvalue weighted by molar-refractivity contribution is 6.00. The number of hydrogen-bond donors (Lipinski definition) is 1. The first-order valence-corrected chi connectivity index (χ1v) is 5.61. The average Bonchev–Trinajstić information content (AvgIpc) is 2.32. The lowest BCUT2D eigenvalue weighted by molar-refractivity contribution is 0.0950. The van der Waals surface area contributed by atoms with Crippen LogP contribution in [0.5, 0.6) is 0 Å². The Kier molecular flexibility index (Phi) is 5.25. The first-order chi connectivity index (χ1) is 8.06. The van der Waals surface area contributed by atoms with E-state index in [1.807, 2.05) is 0 Å². The molecule has 0 spiro atoms. The third-order valence-corrected chi connectivity index (χ3v) is 2.64. The van der Waals surface area contributed by atoms with E-state index in [2.05, 4.69) is 0 Å². The van der Waals surface area contributed by atoms with Gasteiger partial charge in [-0.3, -0.25) is 4.79 Å². The zero-order valence-electron chi connectivity index (χ0n) is 10.2. The molecule has 1 atom stereocenters. The lowest BCUT2D eigenvalue weighted by Gasteiger charge is -2.10. The minimum absolute atomic E-state index is 0.149. The maximum atomic E-state index is 13.1. The molecule has 0 aliphatic carbocycles. The molecule has 4 heteroatoms. The molecule has 0 saturated carbocycles. The smallest absolute Gasteiger partial charge is 0.179 e. The number of Topliss-reactive ketones (excluding diaryl/α,β-unsaturated/α-hetero) is 1. The van der Waals surface area contributed by atoms with E-state index in [1.165, 1.54) is 18.2 Å². The Bertz CT molecular complexity index is 393. The first-order valence-electron chi connectivity index (χ1n) is 5.61. The van der Waals surface area contributed by atoms with Gasteiger partial charge in [-0.25, -0.2) is 4.39 Å². The van der Waals surface area contributed by atoms with E-state index in [9.17, 15) is 9.18 Å². The van der Waals surface area contributed by atoms with Crippen LogP contribution in [-0.2, 0) is 4.74 Å². The van der Waals surface area contributed by atoms with Crippen molar-refractivity contribution in [3.63, 3.8) is 0 Å². The van der Waals surface area contributed by atoms with Crippen molar-refractivity contribution < 1.29 is 13.9 Å².